The average molecular weight is 254 g/mol. The van der Waals surface area contributed by atoms with Gasteiger partial charge in [-0.05, 0) is 6.42 Å². The van der Waals surface area contributed by atoms with E-state index in [0.29, 0.717) is 13.0 Å². The Bertz CT molecular complexity index is 378. The van der Waals surface area contributed by atoms with E-state index < -0.39 is 11.9 Å². The van der Waals surface area contributed by atoms with E-state index in [0.717, 1.165) is 6.42 Å². The Kier molecular flexibility index (Phi) is 5.83. The number of rotatable bonds is 8. The molecular formula is C11H18N4O3. The highest BCUT2D eigenvalue weighted by Crippen LogP contribution is 2.05. The molecule has 1 amide bonds. The number of hydrogen-bond acceptors (Lipinski definition) is 4. The first-order valence-corrected chi connectivity index (χ1v) is 5.97. The lowest BCUT2D eigenvalue weighted by atomic mass is 10.0. The molecule has 2 N–H and O–H groups in total. The summed E-state index contributed by atoms with van der Waals surface area (Å²) in [7, 11) is 0. The van der Waals surface area contributed by atoms with Gasteiger partial charge in [0.2, 0.25) is 5.91 Å². The number of amides is 1. The predicted octanol–water partition coefficient (Wildman–Crippen LogP) is 0.285. The first kappa shape index (κ1) is 14.1. The number of carboxylic acid groups (broad SMARTS) is 1. The number of nitrogens with one attached hydrogen (secondary N) is 1. The van der Waals surface area contributed by atoms with Crippen LogP contribution in [0, 0.1) is 5.92 Å². The lowest BCUT2D eigenvalue weighted by Crippen LogP contribution is -2.33. The van der Waals surface area contributed by atoms with Crippen LogP contribution in [-0.2, 0) is 16.1 Å². The summed E-state index contributed by atoms with van der Waals surface area (Å²) in [6.07, 6.45) is 4.83. The van der Waals surface area contributed by atoms with Crippen LogP contribution in [0.1, 0.15) is 26.2 Å². The Morgan fingerprint density at radius 2 is 2.28 bits per heavy atom. The molecule has 7 nitrogen and oxygen atoms in total. The van der Waals surface area contributed by atoms with Gasteiger partial charge in [-0.25, -0.2) is 0 Å². The summed E-state index contributed by atoms with van der Waals surface area (Å²) in [5, 5.41) is 18.9. The Morgan fingerprint density at radius 3 is 2.83 bits per heavy atom. The van der Waals surface area contributed by atoms with Crippen molar-refractivity contribution in [2.75, 3.05) is 6.54 Å². The van der Waals surface area contributed by atoms with E-state index in [1.54, 1.807) is 17.1 Å². The minimum atomic E-state index is -0.867. The molecular weight excluding hydrogens is 236 g/mol. The fourth-order valence-electron chi connectivity index (χ4n) is 1.55. The number of nitrogens with zero attached hydrogens (tertiary/aromatic N) is 3. The van der Waals surface area contributed by atoms with Gasteiger partial charge in [0.15, 0.2) is 0 Å². The van der Waals surface area contributed by atoms with Crippen LogP contribution in [0.4, 0.5) is 0 Å². The van der Waals surface area contributed by atoms with Crippen LogP contribution in [0.2, 0.25) is 0 Å². The first-order valence-electron chi connectivity index (χ1n) is 5.97. The maximum atomic E-state index is 11.5. The van der Waals surface area contributed by atoms with Crippen molar-refractivity contribution < 1.29 is 14.7 Å². The molecule has 1 atom stereocenters. The Balaban J connectivity index is 2.25. The zero-order chi connectivity index (χ0) is 13.4. The van der Waals surface area contributed by atoms with Crippen molar-refractivity contribution in [2.24, 2.45) is 5.92 Å². The van der Waals surface area contributed by atoms with Crippen molar-refractivity contribution >= 4 is 11.9 Å². The molecule has 0 aromatic carbocycles. The van der Waals surface area contributed by atoms with E-state index in [1.165, 1.54) is 0 Å². The fourth-order valence-corrected chi connectivity index (χ4v) is 1.55. The summed E-state index contributed by atoms with van der Waals surface area (Å²) in [4.78, 5) is 22.4. The van der Waals surface area contributed by atoms with Gasteiger partial charge in [-0.1, -0.05) is 18.6 Å². The predicted molar refractivity (Wildman–Crippen MR) is 63.7 cm³/mol. The zero-order valence-corrected chi connectivity index (χ0v) is 10.4. The fraction of sp³-hybridized carbons (Fsp3) is 0.636. The van der Waals surface area contributed by atoms with E-state index in [1.807, 2.05) is 6.92 Å². The Hall–Kier alpha value is -1.92. The van der Waals surface area contributed by atoms with Crippen molar-refractivity contribution in [3.8, 4) is 0 Å². The number of aliphatic carboxylic acids is 1. The summed E-state index contributed by atoms with van der Waals surface area (Å²) in [6, 6.07) is 0. The summed E-state index contributed by atoms with van der Waals surface area (Å²) < 4.78 is 1.56. The molecule has 0 spiro atoms. The second-order valence-electron chi connectivity index (χ2n) is 4.04. The average Bonchev–Trinajstić information content (AvgIpc) is 2.84. The molecule has 1 rings (SSSR count). The van der Waals surface area contributed by atoms with E-state index in [-0.39, 0.29) is 18.9 Å². The van der Waals surface area contributed by atoms with Crippen molar-refractivity contribution in [2.45, 2.75) is 32.7 Å². The molecule has 0 aliphatic rings. The quantitative estimate of drug-likeness (QED) is 0.694. The second-order valence-corrected chi connectivity index (χ2v) is 4.04. The molecule has 0 saturated heterocycles. The minimum absolute atomic E-state index is 0.173. The van der Waals surface area contributed by atoms with Crippen LogP contribution in [0.15, 0.2) is 12.4 Å². The number of carbonyl (C=O) groups excluding carboxylic acids is 1. The standard InChI is InChI=1S/C11H18N4O3/c1-2-3-9(11(17)18)8-12-10(16)4-6-15-7-5-13-14-15/h5,7,9H,2-4,6,8H2,1H3,(H,12,16)(H,17,18). The van der Waals surface area contributed by atoms with Gasteiger partial charge < -0.3 is 10.4 Å². The van der Waals surface area contributed by atoms with E-state index in [2.05, 4.69) is 15.6 Å². The summed E-state index contributed by atoms with van der Waals surface area (Å²) in [5.74, 6) is -1.55. The van der Waals surface area contributed by atoms with Gasteiger partial charge in [0.25, 0.3) is 0 Å². The number of aromatic nitrogens is 3. The number of carbonyl (C=O) groups is 2. The summed E-state index contributed by atoms with van der Waals surface area (Å²) >= 11 is 0. The molecule has 0 saturated carbocycles. The number of hydrogen-bond donors (Lipinski definition) is 2. The number of aryl methyl sites for hydroxylation is 1. The van der Waals surface area contributed by atoms with Crippen LogP contribution in [0.3, 0.4) is 0 Å². The molecule has 0 aliphatic carbocycles. The highest BCUT2D eigenvalue weighted by atomic mass is 16.4. The van der Waals surface area contributed by atoms with Gasteiger partial charge in [0, 0.05) is 19.2 Å². The summed E-state index contributed by atoms with van der Waals surface area (Å²) in [5.41, 5.74) is 0. The zero-order valence-electron chi connectivity index (χ0n) is 10.4. The van der Waals surface area contributed by atoms with Gasteiger partial charge in [0.05, 0.1) is 18.7 Å². The topological polar surface area (TPSA) is 97.1 Å². The molecule has 7 heteroatoms. The normalized spacial score (nSPS) is 12.1. The van der Waals surface area contributed by atoms with Crippen molar-refractivity contribution in [3.63, 3.8) is 0 Å². The Labute approximate surface area is 105 Å². The third-order valence-electron chi connectivity index (χ3n) is 2.57. The highest BCUT2D eigenvalue weighted by molar-refractivity contribution is 5.77. The van der Waals surface area contributed by atoms with Crippen LogP contribution >= 0.6 is 0 Å². The van der Waals surface area contributed by atoms with Crippen LogP contribution < -0.4 is 5.32 Å². The minimum Gasteiger partial charge on any atom is -0.481 e. The van der Waals surface area contributed by atoms with Crippen LogP contribution in [0.5, 0.6) is 0 Å². The van der Waals surface area contributed by atoms with E-state index in [4.69, 9.17) is 5.11 Å². The maximum Gasteiger partial charge on any atom is 0.308 e. The Morgan fingerprint density at radius 1 is 1.50 bits per heavy atom. The van der Waals surface area contributed by atoms with Crippen molar-refractivity contribution in [1.82, 2.24) is 20.3 Å². The van der Waals surface area contributed by atoms with E-state index in [9.17, 15) is 9.59 Å². The molecule has 1 aromatic rings. The molecule has 18 heavy (non-hydrogen) atoms. The molecule has 1 unspecified atom stereocenters. The first-order chi connectivity index (χ1) is 8.63. The number of carboxylic acids is 1. The molecule has 100 valence electrons. The molecule has 1 heterocycles. The van der Waals surface area contributed by atoms with Gasteiger partial charge in [0.1, 0.15) is 0 Å². The van der Waals surface area contributed by atoms with Crippen LogP contribution in [-0.4, -0.2) is 38.5 Å². The molecule has 0 bridgehead atoms. The van der Waals surface area contributed by atoms with E-state index >= 15 is 0 Å². The van der Waals surface area contributed by atoms with Gasteiger partial charge in [-0.15, -0.1) is 5.10 Å². The molecule has 0 radical (unpaired) electrons. The lowest BCUT2D eigenvalue weighted by Gasteiger charge is -2.12. The third-order valence-corrected chi connectivity index (χ3v) is 2.57. The highest BCUT2D eigenvalue weighted by Gasteiger charge is 2.16. The van der Waals surface area contributed by atoms with Gasteiger partial charge >= 0.3 is 5.97 Å². The second kappa shape index (κ2) is 7.41. The molecule has 1 aromatic heterocycles. The van der Waals surface area contributed by atoms with Crippen molar-refractivity contribution in [1.29, 1.82) is 0 Å². The third kappa shape index (κ3) is 4.94. The molecule has 0 fully saturated rings. The van der Waals surface area contributed by atoms with Gasteiger partial charge in [-0.3, -0.25) is 14.3 Å². The summed E-state index contributed by atoms with van der Waals surface area (Å²) in [6.45, 7) is 2.54. The molecule has 0 aliphatic heterocycles. The van der Waals surface area contributed by atoms with Crippen LogP contribution in [0.25, 0.3) is 0 Å². The maximum absolute atomic E-state index is 11.5. The smallest absolute Gasteiger partial charge is 0.308 e. The SMILES string of the molecule is CCCC(CNC(=O)CCn1ccnn1)C(=O)O. The van der Waals surface area contributed by atoms with Crippen molar-refractivity contribution in [3.05, 3.63) is 12.4 Å². The van der Waals surface area contributed by atoms with Gasteiger partial charge in [-0.2, -0.15) is 0 Å². The monoisotopic (exact) mass is 254 g/mol. The largest absolute Gasteiger partial charge is 0.481 e. The lowest BCUT2D eigenvalue weighted by molar-refractivity contribution is -0.141.